The molecule has 0 N–H and O–H groups in total. The summed E-state index contributed by atoms with van der Waals surface area (Å²) in [6.45, 7) is 3.60. The standard InChI is InChI=1S/C20H18ClFN2O2/c1-20(2,14-6-8-15(21)9-7-14)24-18(25)12-17(23(3)19(24)26)13-4-10-16(22)11-5-13/h4-12H,1-3H3. The van der Waals surface area contributed by atoms with Gasteiger partial charge in [0.15, 0.2) is 0 Å². The average Bonchev–Trinajstić information content (AvgIpc) is 2.59. The minimum Gasteiger partial charge on any atom is -0.296 e. The van der Waals surface area contributed by atoms with Gasteiger partial charge in [-0.25, -0.2) is 9.18 Å². The highest BCUT2D eigenvalue weighted by molar-refractivity contribution is 6.30. The van der Waals surface area contributed by atoms with Crippen LogP contribution in [-0.4, -0.2) is 9.13 Å². The molecule has 0 atom stereocenters. The van der Waals surface area contributed by atoms with Crippen LogP contribution >= 0.6 is 11.6 Å². The van der Waals surface area contributed by atoms with Crippen LogP contribution in [0.3, 0.4) is 0 Å². The Hall–Kier alpha value is -2.66. The van der Waals surface area contributed by atoms with Crippen molar-refractivity contribution in [3.8, 4) is 11.3 Å². The maximum atomic E-state index is 13.2. The van der Waals surface area contributed by atoms with Gasteiger partial charge in [-0.1, -0.05) is 23.7 Å². The first-order valence-electron chi connectivity index (χ1n) is 8.07. The summed E-state index contributed by atoms with van der Waals surface area (Å²) >= 11 is 5.93. The molecular formula is C20H18ClFN2O2. The van der Waals surface area contributed by atoms with Crippen molar-refractivity contribution in [2.24, 2.45) is 7.05 Å². The van der Waals surface area contributed by atoms with E-state index in [9.17, 15) is 14.0 Å². The molecule has 4 nitrogen and oxygen atoms in total. The normalized spacial score (nSPS) is 11.6. The first-order chi connectivity index (χ1) is 12.2. The Balaban J connectivity index is 2.20. The average molecular weight is 373 g/mol. The quantitative estimate of drug-likeness (QED) is 0.702. The number of benzene rings is 2. The minimum atomic E-state index is -0.863. The summed E-state index contributed by atoms with van der Waals surface area (Å²) < 4.78 is 15.8. The zero-order chi connectivity index (χ0) is 19.1. The molecule has 0 spiro atoms. The Morgan fingerprint density at radius 2 is 1.54 bits per heavy atom. The fraction of sp³-hybridized carbons (Fsp3) is 0.200. The maximum absolute atomic E-state index is 13.2. The fourth-order valence-corrected chi connectivity index (χ4v) is 3.15. The highest BCUT2D eigenvalue weighted by atomic mass is 35.5. The predicted octanol–water partition coefficient (Wildman–Crippen LogP) is 3.79. The number of halogens is 2. The van der Waals surface area contributed by atoms with Gasteiger partial charge < -0.3 is 0 Å². The number of nitrogens with zero attached hydrogens (tertiary/aromatic N) is 2. The van der Waals surface area contributed by atoms with E-state index >= 15 is 0 Å². The van der Waals surface area contributed by atoms with E-state index in [0.717, 1.165) is 5.56 Å². The molecule has 0 saturated carbocycles. The summed E-state index contributed by atoms with van der Waals surface area (Å²) in [4.78, 5) is 25.8. The molecule has 0 unspecified atom stereocenters. The summed E-state index contributed by atoms with van der Waals surface area (Å²) in [6, 6.07) is 14.1. The smallest absolute Gasteiger partial charge is 0.296 e. The highest BCUT2D eigenvalue weighted by Crippen LogP contribution is 2.25. The van der Waals surface area contributed by atoms with Gasteiger partial charge >= 0.3 is 5.69 Å². The lowest BCUT2D eigenvalue weighted by Crippen LogP contribution is -2.49. The van der Waals surface area contributed by atoms with Crippen molar-refractivity contribution in [3.05, 3.63) is 91.8 Å². The molecule has 6 heteroatoms. The van der Waals surface area contributed by atoms with Gasteiger partial charge in [-0.3, -0.25) is 13.9 Å². The molecule has 26 heavy (non-hydrogen) atoms. The molecule has 0 amide bonds. The number of aromatic nitrogens is 2. The molecule has 0 fully saturated rings. The molecule has 0 aliphatic carbocycles. The van der Waals surface area contributed by atoms with E-state index in [1.807, 2.05) is 0 Å². The predicted molar refractivity (Wildman–Crippen MR) is 101 cm³/mol. The Morgan fingerprint density at radius 3 is 2.12 bits per heavy atom. The van der Waals surface area contributed by atoms with Crippen molar-refractivity contribution >= 4 is 11.6 Å². The summed E-state index contributed by atoms with van der Waals surface area (Å²) in [5.74, 6) is -0.379. The van der Waals surface area contributed by atoms with Crippen molar-refractivity contribution in [2.45, 2.75) is 19.4 Å². The third kappa shape index (κ3) is 3.10. The number of hydrogen-bond acceptors (Lipinski definition) is 2. The molecule has 0 radical (unpaired) electrons. The van der Waals surface area contributed by atoms with E-state index in [4.69, 9.17) is 11.6 Å². The second kappa shape index (κ2) is 6.57. The van der Waals surface area contributed by atoms with Crippen LogP contribution in [-0.2, 0) is 12.6 Å². The Morgan fingerprint density at radius 1 is 0.962 bits per heavy atom. The van der Waals surface area contributed by atoms with Gasteiger partial charge in [-0.15, -0.1) is 0 Å². The first-order valence-corrected chi connectivity index (χ1v) is 8.45. The maximum Gasteiger partial charge on any atom is 0.331 e. The van der Waals surface area contributed by atoms with E-state index in [1.54, 1.807) is 45.2 Å². The van der Waals surface area contributed by atoms with E-state index < -0.39 is 16.8 Å². The highest BCUT2D eigenvalue weighted by Gasteiger charge is 2.27. The molecule has 0 saturated heterocycles. The van der Waals surface area contributed by atoms with Crippen molar-refractivity contribution in [1.29, 1.82) is 0 Å². The van der Waals surface area contributed by atoms with E-state index in [0.29, 0.717) is 16.3 Å². The topological polar surface area (TPSA) is 44.0 Å². The van der Waals surface area contributed by atoms with E-state index in [-0.39, 0.29) is 5.82 Å². The third-order valence-corrected chi connectivity index (χ3v) is 4.82. The van der Waals surface area contributed by atoms with Gasteiger partial charge in [0.05, 0.1) is 11.2 Å². The van der Waals surface area contributed by atoms with Crippen molar-refractivity contribution in [3.63, 3.8) is 0 Å². The lowest BCUT2D eigenvalue weighted by atomic mass is 9.94. The van der Waals surface area contributed by atoms with Gasteiger partial charge in [0.2, 0.25) is 0 Å². The summed E-state index contributed by atoms with van der Waals surface area (Å²) in [6.07, 6.45) is 0. The summed E-state index contributed by atoms with van der Waals surface area (Å²) in [7, 11) is 1.59. The monoisotopic (exact) mass is 372 g/mol. The van der Waals surface area contributed by atoms with Crippen LogP contribution in [0.25, 0.3) is 11.3 Å². The molecule has 1 heterocycles. The largest absolute Gasteiger partial charge is 0.331 e. The SMILES string of the molecule is Cn1c(-c2ccc(F)cc2)cc(=O)n(C(C)(C)c2ccc(Cl)cc2)c1=O. The van der Waals surface area contributed by atoms with E-state index in [2.05, 4.69) is 0 Å². The second-order valence-electron chi connectivity index (χ2n) is 6.62. The zero-order valence-electron chi connectivity index (χ0n) is 14.7. The van der Waals surface area contributed by atoms with Gasteiger partial charge in [-0.05, 0) is 61.4 Å². The molecule has 2 aromatic carbocycles. The van der Waals surface area contributed by atoms with Crippen LogP contribution in [0.15, 0.2) is 64.2 Å². The van der Waals surface area contributed by atoms with Crippen LogP contribution in [0, 0.1) is 5.82 Å². The van der Waals surface area contributed by atoms with Crippen molar-refractivity contribution in [1.82, 2.24) is 9.13 Å². The molecular weight excluding hydrogens is 355 g/mol. The number of hydrogen-bond donors (Lipinski definition) is 0. The minimum absolute atomic E-state index is 0.379. The summed E-state index contributed by atoms with van der Waals surface area (Å²) in [5, 5.41) is 0.580. The Bertz CT molecular complexity index is 1060. The lowest BCUT2D eigenvalue weighted by molar-refractivity contribution is 0.393. The van der Waals surface area contributed by atoms with Gasteiger partial charge in [0.25, 0.3) is 5.56 Å². The molecule has 0 bridgehead atoms. The van der Waals surface area contributed by atoms with Gasteiger partial charge in [0.1, 0.15) is 5.82 Å². The van der Waals surface area contributed by atoms with Crippen LogP contribution in [0.1, 0.15) is 19.4 Å². The van der Waals surface area contributed by atoms with Crippen LogP contribution in [0.4, 0.5) is 4.39 Å². The van der Waals surface area contributed by atoms with Crippen LogP contribution in [0.2, 0.25) is 5.02 Å². The van der Waals surface area contributed by atoms with Gasteiger partial charge in [0, 0.05) is 18.1 Å². The molecule has 3 rings (SSSR count). The Labute approximate surface area is 155 Å². The molecule has 0 aliphatic heterocycles. The molecule has 1 aromatic heterocycles. The van der Waals surface area contributed by atoms with Gasteiger partial charge in [-0.2, -0.15) is 0 Å². The van der Waals surface area contributed by atoms with Crippen LogP contribution in [0.5, 0.6) is 0 Å². The third-order valence-electron chi connectivity index (χ3n) is 4.57. The fourth-order valence-electron chi connectivity index (χ4n) is 3.02. The van der Waals surface area contributed by atoms with E-state index in [1.165, 1.54) is 39.5 Å². The lowest BCUT2D eigenvalue weighted by Gasteiger charge is -2.28. The molecule has 134 valence electrons. The van der Waals surface area contributed by atoms with Crippen molar-refractivity contribution in [2.75, 3.05) is 0 Å². The number of rotatable bonds is 3. The molecule has 0 aliphatic rings. The summed E-state index contributed by atoms with van der Waals surface area (Å²) in [5.41, 5.74) is 0.0835. The first kappa shape index (κ1) is 18.1. The second-order valence-corrected chi connectivity index (χ2v) is 7.05. The zero-order valence-corrected chi connectivity index (χ0v) is 15.4. The van der Waals surface area contributed by atoms with Crippen LogP contribution < -0.4 is 11.2 Å². The molecule has 3 aromatic rings. The Kier molecular flexibility index (Phi) is 4.59. The van der Waals surface area contributed by atoms with Crippen molar-refractivity contribution < 1.29 is 4.39 Å².